The number of non-ortho nitro benzene ring substituents is 1. The molecule has 0 aliphatic carbocycles. The molecule has 0 saturated carbocycles. The summed E-state index contributed by atoms with van der Waals surface area (Å²) in [4.78, 5) is 28.4. The van der Waals surface area contributed by atoms with Gasteiger partial charge in [0.2, 0.25) is 5.91 Å². The van der Waals surface area contributed by atoms with E-state index in [0.29, 0.717) is 22.9 Å². The summed E-state index contributed by atoms with van der Waals surface area (Å²) in [5.41, 5.74) is 4.07. The van der Waals surface area contributed by atoms with Crippen LogP contribution in [-0.2, 0) is 11.3 Å². The van der Waals surface area contributed by atoms with Gasteiger partial charge < -0.3 is 14.5 Å². The van der Waals surface area contributed by atoms with Gasteiger partial charge in [-0.25, -0.2) is 9.67 Å². The molecule has 0 unspecified atom stereocenters. The van der Waals surface area contributed by atoms with Gasteiger partial charge in [-0.05, 0) is 62.2 Å². The Balaban J connectivity index is 1.41. The number of amides is 1. The first-order chi connectivity index (χ1) is 17.8. The van der Waals surface area contributed by atoms with Gasteiger partial charge in [-0.3, -0.25) is 14.9 Å². The Morgan fingerprint density at radius 2 is 1.84 bits per heavy atom. The molecule has 10 nitrogen and oxygen atoms in total. The van der Waals surface area contributed by atoms with E-state index in [0.717, 1.165) is 22.1 Å². The predicted molar refractivity (Wildman–Crippen MR) is 138 cm³/mol. The second-order valence-electron chi connectivity index (χ2n) is 8.72. The molecule has 1 amide bonds. The normalized spacial score (nSPS) is 11.0. The van der Waals surface area contributed by atoms with Crippen LogP contribution in [0.25, 0.3) is 22.4 Å². The highest BCUT2D eigenvalue weighted by molar-refractivity contribution is 5.95. The maximum absolute atomic E-state index is 13.0. The minimum Gasteiger partial charge on any atom is -0.464 e. The lowest BCUT2D eigenvalue weighted by Crippen LogP contribution is -2.20. The fourth-order valence-electron chi connectivity index (χ4n) is 4.31. The summed E-state index contributed by atoms with van der Waals surface area (Å²) in [7, 11) is 0. The van der Waals surface area contributed by atoms with Crippen LogP contribution in [0.5, 0.6) is 11.5 Å². The van der Waals surface area contributed by atoms with Crippen molar-refractivity contribution in [3.63, 3.8) is 0 Å². The molecule has 5 aromatic rings. The zero-order valence-electron chi connectivity index (χ0n) is 20.4. The quantitative estimate of drug-likeness (QED) is 0.217. The van der Waals surface area contributed by atoms with E-state index in [4.69, 9.17) is 9.15 Å². The number of nitrogens with zero attached hydrogens (tertiary/aromatic N) is 4. The molecule has 3 heterocycles. The van der Waals surface area contributed by atoms with Crippen molar-refractivity contribution < 1.29 is 18.9 Å². The SMILES string of the molecule is Cc1cc(C)cc(Oc2cc(NC(=O)Cn3nc(C)c4c(-c5ccco5)ccnc43)cc([N+](=O)[O-])c2)c1. The Kier molecular flexibility index (Phi) is 6.14. The smallest absolute Gasteiger partial charge is 0.275 e. The van der Waals surface area contributed by atoms with E-state index in [-0.39, 0.29) is 23.7 Å². The maximum Gasteiger partial charge on any atom is 0.275 e. The zero-order chi connectivity index (χ0) is 26.1. The minimum atomic E-state index is -0.533. The molecule has 0 fully saturated rings. The van der Waals surface area contributed by atoms with Crippen LogP contribution in [0.1, 0.15) is 16.8 Å². The molecule has 0 saturated heterocycles. The summed E-state index contributed by atoms with van der Waals surface area (Å²) >= 11 is 0. The van der Waals surface area contributed by atoms with E-state index in [1.165, 1.54) is 16.8 Å². The average molecular weight is 498 g/mol. The van der Waals surface area contributed by atoms with Gasteiger partial charge in [0.1, 0.15) is 23.8 Å². The number of anilines is 1. The van der Waals surface area contributed by atoms with E-state index in [2.05, 4.69) is 15.4 Å². The average Bonchev–Trinajstić information content (AvgIpc) is 3.47. The largest absolute Gasteiger partial charge is 0.464 e. The van der Waals surface area contributed by atoms with Gasteiger partial charge in [0.25, 0.3) is 5.69 Å². The number of nitro groups is 1. The van der Waals surface area contributed by atoms with Gasteiger partial charge >= 0.3 is 0 Å². The van der Waals surface area contributed by atoms with Crippen molar-refractivity contribution in [3.8, 4) is 22.8 Å². The highest BCUT2D eigenvalue weighted by Gasteiger charge is 2.18. The Labute approximate surface area is 211 Å². The van der Waals surface area contributed by atoms with Gasteiger partial charge in [-0.15, -0.1) is 0 Å². The fraction of sp³-hybridized carbons (Fsp3) is 0.148. The van der Waals surface area contributed by atoms with Gasteiger partial charge in [-0.1, -0.05) is 6.07 Å². The van der Waals surface area contributed by atoms with E-state index < -0.39 is 10.8 Å². The number of furan rings is 1. The van der Waals surface area contributed by atoms with Crippen molar-refractivity contribution in [2.24, 2.45) is 0 Å². The number of aryl methyl sites for hydroxylation is 3. The summed E-state index contributed by atoms with van der Waals surface area (Å²) in [6, 6.07) is 15.3. The number of benzene rings is 2. The standard InChI is InChI=1S/C27H23N5O5/c1-16-9-17(2)11-21(10-16)37-22-13-19(12-20(14-22)32(34)35)29-25(33)15-31-27-26(18(3)30-31)23(6-7-28-27)24-5-4-8-36-24/h4-14H,15H2,1-3H3,(H,29,33). The predicted octanol–water partition coefficient (Wildman–Crippen LogP) is 5.96. The molecule has 0 spiro atoms. The number of nitro benzene ring substituents is 1. The number of fused-ring (bicyclic) bond motifs is 1. The van der Waals surface area contributed by atoms with Gasteiger partial charge in [0.05, 0.1) is 34.0 Å². The Hall–Kier alpha value is -4.99. The molecule has 0 atom stereocenters. The Bertz CT molecular complexity index is 1620. The molecule has 10 heteroatoms. The van der Waals surface area contributed by atoms with Crippen molar-refractivity contribution in [3.05, 3.63) is 94.0 Å². The van der Waals surface area contributed by atoms with Crippen LogP contribution >= 0.6 is 0 Å². The second-order valence-corrected chi connectivity index (χ2v) is 8.72. The van der Waals surface area contributed by atoms with Crippen LogP contribution in [0.2, 0.25) is 0 Å². The van der Waals surface area contributed by atoms with Crippen LogP contribution in [0.15, 0.2) is 71.5 Å². The first kappa shape index (κ1) is 23.7. The number of hydrogen-bond donors (Lipinski definition) is 1. The van der Waals surface area contributed by atoms with Crippen LogP contribution in [0, 0.1) is 30.9 Å². The molecule has 1 N–H and O–H groups in total. The summed E-state index contributed by atoms with van der Waals surface area (Å²) in [6.45, 7) is 5.56. The number of aromatic nitrogens is 3. The van der Waals surface area contributed by atoms with Gasteiger partial charge in [-0.2, -0.15) is 5.10 Å². The fourth-order valence-corrected chi connectivity index (χ4v) is 4.31. The lowest BCUT2D eigenvalue weighted by molar-refractivity contribution is -0.384. The molecule has 0 aliphatic rings. The number of ether oxygens (including phenoxy) is 1. The van der Waals surface area contributed by atoms with E-state index in [9.17, 15) is 14.9 Å². The summed E-state index contributed by atoms with van der Waals surface area (Å²) in [5.74, 6) is 1.03. The third kappa shape index (κ3) is 5.03. The number of pyridine rings is 1. The van der Waals surface area contributed by atoms with Crippen molar-refractivity contribution in [2.45, 2.75) is 27.3 Å². The van der Waals surface area contributed by atoms with Crippen molar-refractivity contribution in [1.82, 2.24) is 14.8 Å². The summed E-state index contributed by atoms with van der Waals surface area (Å²) in [5, 5.41) is 19.5. The molecule has 186 valence electrons. The van der Waals surface area contributed by atoms with Crippen LogP contribution in [0.3, 0.4) is 0 Å². The summed E-state index contributed by atoms with van der Waals surface area (Å²) in [6.07, 6.45) is 3.22. The number of rotatable bonds is 7. The van der Waals surface area contributed by atoms with Crippen LogP contribution in [0.4, 0.5) is 11.4 Å². The zero-order valence-corrected chi connectivity index (χ0v) is 20.4. The van der Waals surface area contributed by atoms with Crippen molar-refractivity contribution in [1.29, 1.82) is 0 Å². The Morgan fingerprint density at radius 1 is 1.08 bits per heavy atom. The minimum absolute atomic E-state index is 0.144. The molecule has 2 aromatic carbocycles. The lowest BCUT2D eigenvalue weighted by Gasteiger charge is -2.11. The topological polar surface area (TPSA) is 125 Å². The third-order valence-electron chi connectivity index (χ3n) is 5.70. The maximum atomic E-state index is 13.0. The lowest BCUT2D eigenvalue weighted by atomic mass is 10.1. The third-order valence-corrected chi connectivity index (χ3v) is 5.70. The monoisotopic (exact) mass is 497 g/mol. The number of carbonyl (C=O) groups is 1. The molecule has 5 rings (SSSR count). The van der Waals surface area contributed by atoms with E-state index >= 15 is 0 Å². The molecular weight excluding hydrogens is 474 g/mol. The molecular formula is C27H23N5O5. The van der Waals surface area contributed by atoms with Crippen molar-refractivity contribution >= 4 is 28.3 Å². The van der Waals surface area contributed by atoms with E-state index in [1.54, 1.807) is 24.6 Å². The molecule has 0 aliphatic heterocycles. The number of carbonyl (C=O) groups excluding carboxylic acids is 1. The van der Waals surface area contributed by atoms with Crippen LogP contribution < -0.4 is 10.1 Å². The molecule has 37 heavy (non-hydrogen) atoms. The van der Waals surface area contributed by atoms with Gasteiger partial charge in [0.15, 0.2) is 5.65 Å². The first-order valence-electron chi connectivity index (χ1n) is 11.5. The number of nitrogens with one attached hydrogen (secondary N) is 1. The summed E-state index contributed by atoms with van der Waals surface area (Å²) < 4.78 is 12.9. The molecule has 0 bridgehead atoms. The Morgan fingerprint density at radius 3 is 2.54 bits per heavy atom. The molecule has 3 aromatic heterocycles. The highest BCUT2D eigenvalue weighted by atomic mass is 16.6. The van der Waals surface area contributed by atoms with Gasteiger partial charge in [0, 0.05) is 23.9 Å². The molecule has 0 radical (unpaired) electrons. The van der Waals surface area contributed by atoms with E-state index in [1.807, 2.05) is 51.1 Å². The second kappa shape index (κ2) is 9.57. The highest BCUT2D eigenvalue weighted by Crippen LogP contribution is 2.32. The van der Waals surface area contributed by atoms with Crippen molar-refractivity contribution in [2.75, 3.05) is 5.32 Å². The number of hydrogen-bond acceptors (Lipinski definition) is 7. The van der Waals surface area contributed by atoms with Crippen LogP contribution in [-0.4, -0.2) is 25.6 Å². The first-order valence-corrected chi connectivity index (χ1v) is 11.5.